The van der Waals surface area contributed by atoms with E-state index in [1.54, 1.807) is 19.2 Å². The number of carbonyl (C=O) groups is 2. The first kappa shape index (κ1) is 17.2. The summed E-state index contributed by atoms with van der Waals surface area (Å²) in [5, 5.41) is 5.30. The highest BCUT2D eigenvalue weighted by Crippen LogP contribution is 2.18. The Morgan fingerprint density at radius 1 is 1.28 bits per heavy atom. The van der Waals surface area contributed by atoms with Gasteiger partial charge in [0.2, 0.25) is 0 Å². The molecule has 0 unspecified atom stereocenters. The molecule has 1 atom stereocenters. The monoisotopic (exact) mass is 346 g/mol. The Morgan fingerprint density at radius 2 is 2.04 bits per heavy atom. The second kappa shape index (κ2) is 6.72. The molecule has 0 saturated carbocycles. The molecular weight excluding hydrogens is 324 g/mol. The molecule has 0 radical (unpaired) electrons. The van der Waals surface area contributed by atoms with Crippen molar-refractivity contribution in [3.8, 4) is 0 Å². The molecule has 2 heterocycles. The van der Waals surface area contributed by atoms with Crippen LogP contribution in [0.25, 0.3) is 11.1 Å². The van der Waals surface area contributed by atoms with Gasteiger partial charge in [-0.15, -0.1) is 0 Å². The van der Waals surface area contributed by atoms with Crippen molar-refractivity contribution in [1.29, 1.82) is 0 Å². The fourth-order valence-corrected chi connectivity index (χ4v) is 3.02. The Hall–Kier alpha value is -2.61. The van der Waals surface area contributed by atoms with E-state index in [0.717, 1.165) is 19.5 Å². The number of aromatic nitrogens is 1. The zero-order chi connectivity index (χ0) is 18.1. The van der Waals surface area contributed by atoms with Gasteiger partial charge in [0, 0.05) is 44.0 Å². The first-order valence-corrected chi connectivity index (χ1v) is 8.30. The van der Waals surface area contributed by atoms with Gasteiger partial charge in [-0.3, -0.25) is 19.1 Å². The molecule has 134 valence electrons. The molecule has 25 heavy (non-hydrogen) atoms. The summed E-state index contributed by atoms with van der Waals surface area (Å²) < 4.78 is 6.44. The summed E-state index contributed by atoms with van der Waals surface area (Å²) in [5.41, 5.74) is 1.37. The number of nitrogens with one attached hydrogen (secondary N) is 2. The second-order valence-electron chi connectivity index (χ2n) is 6.61. The van der Waals surface area contributed by atoms with Crippen LogP contribution in [0.1, 0.15) is 20.3 Å². The van der Waals surface area contributed by atoms with E-state index in [1.807, 2.05) is 0 Å². The smallest absolute Gasteiger partial charge is 0.408 e. The highest BCUT2D eigenvalue weighted by atomic mass is 16.4. The molecule has 0 spiro atoms. The molecule has 1 aromatic carbocycles. The summed E-state index contributed by atoms with van der Waals surface area (Å²) in [6.07, 6.45) is 0.832. The van der Waals surface area contributed by atoms with Gasteiger partial charge in [0.1, 0.15) is 0 Å². The number of oxazole rings is 1. The molecule has 2 amide bonds. The number of amides is 2. The maximum absolute atomic E-state index is 12.1. The predicted molar refractivity (Wildman–Crippen MR) is 93.3 cm³/mol. The Kier molecular flexibility index (Phi) is 4.63. The molecule has 1 aliphatic heterocycles. The third-order valence-corrected chi connectivity index (χ3v) is 4.54. The molecule has 3 rings (SSSR count). The Labute approximate surface area is 144 Å². The van der Waals surface area contributed by atoms with Gasteiger partial charge in [-0.1, -0.05) is 0 Å². The molecular formula is C17H22N4O4. The van der Waals surface area contributed by atoms with Crippen molar-refractivity contribution >= 4 is 28.6 Å². The molecule has 1 aromatic heterocycles. The number of benzene rings is 1. The van der Waals surface area contributed by atoms with E-state index in [4.69, 9.17) is 4.42 Å². The summed E-state index contributed by atoms with van der Waals surface area (Å²) in [6.45, 7) is 5.87. The van der Waals surface area contributed by atoms with Gasteiger partial charge in [-0.2, -0.15) is 0 Å². The summed E-state index contributed by atoms with van der Waals surface area (Å²) >= 11 is 0. The number of hydrogen-bond donors (Lipinski definition) is 2. The number of carbonyl (C=O) groups excluding carboxylic acids is 2. The number of fused-ring (bicyclic) bond motifs is 1. The third kappa shape index (κ3) is 3.58. The van der Waals surface area contributed by atoms with Crippen molar-refractivity contribution < 1.29 is 14.0 Å². The van der Waals surface area contributed by atoms with E-state index in [-0.39, 0.29) is 6.04 Å². The molecule has 8 heteroatoms. The average Bonchev–Trinajstić information content (AvgIpc) is 3.13. The first-order valence-electron chi connectivity index (χ1n) is 8.30. The lowest BCUT2D eigenvalue weighted by atomic mass is 10.2. The quantitative estimate of drug-likeness (QED) is 0.796. The standard InChI is InChI=1S/C17H22N4O4/c1-10(2)21-7-6-12(9-21)19-16(23)15(22)18-11-4-5-13-14(8-11)25-17(24)20(13)3/h4-5,8,10,12H,6-7,9H2,1-3H3,(H,18,22)(H,19,23)/t12-/m0/s1. The van der Waals surface area contributed by atoms with Crippen LogP contribution in [-0.4, -0.2) is 46.5 Å². The maximum atomic E-state index is 12.1. The van der Waals surface area contributed by atoms with E-state index >= 15 is 0 Å². The Balaban J connectivity index is 1.62. The average molecular weight is 346 g/mol. The lowest BCUT2D eigenvalue weighted by Gasteiger charge is -2.20. The minimum absolute atomic E-state index is 0.0183. The maximum Gasteiger partial charge on any atom is 0.419 e. The molecule has 0 bridgehead atoms. The van der Waals surface area contributed by atoms with Crippen LogP contribution in [0.4, 0.5) is 5.69 Å². The van der Waals surface area contributed by atoms with E-state index in [2.05, 4.69) is 29.4 Å². The van der Waals surface area contributed by atoms with Crippen molar-refractivity contribution in [2.75, 3.05) is 18.4 Å². The van der Waals surface area contributed by atoms with E-state index in [1.165, 1.54) is 10.6 Å². The summed E-state index contributed by atoms with van der Waals surface area (Å²) in [6, 6.07) is 5.21. The van der Waals surface area contributed by atoms with Crippen LogP contribution in [0.3, 0.4) is 0 Å². The van der Waals surface area contributed by atoms with Crippen LogP contribution in [0.15, 0.2) is 27.4 Å². The van der Waals surface area contributed by atoms with Crippen LogP contribution in [0.5, 0.6) is 0 Å². The van der Waals surface area contributed by atoms with Crippen molar-refractivity contribution in [3.63, 3.8) is 0 Å². The van der Waals surface area contributed by atoms with Crippen LogP contribution >= 0.6 is 0 Å². The lowest BCUT2D eigenvalue weighted by molar-refractivity contribution is -0.136. The third-order valence-electron chi connectivity index (χ3n) is 4.54. The van der Waals surface area contributed by atoms with Crippen LogP contribution < -0.4 is 16.4 Å². The minimum atomic E-state index is -0.736. The summed E-state index contributed by atoms with van der Waals surface area (Å²) in [7, 11) is 1.60. The van der Waals surface area contributed by atoms with Gasteiger partial charge in [0.25, 0.3) is 0 Å². The number of hydrogen-bond acceptors (Lipinski definition) is 5. The van der Waals surface area contributed by atoms with Gasteiger partial charge in [0.05, 0.1) is 5.52 Å². The van der Waals surface area contributed by atoms with Crippen molar-refractivity contribution in [3.05, 3.63) is 28.7 Å². The molecule has 1 fully saturated rings. The molecule has 8 nitrogen and oxygen atoms in total. The number of aryl methyl sites for hydroxylation is 1. The number of nitrogens with zero attached hydrogens (tertiary/aromatic N) is 2. The zero-order valence-electron chi connectivity index (χ0n) is 14.5. The van der Waals surface area contributed by atoms with Gasteiger partial charge in [-0.25, -0.2) is 4.79 Å². The molecule has 1 saturated heterocycles. The van der Waals surface area contributed by atoms with Crippen molar-refractivity contribution in [2.45, 2.75) is 32.4 Å². The first-order chi connectivity index (χ1) is 11.8. The van der Waals surface area contributed by atoms with Crippen LogP contribution in [0.2, 0.25) is 0 Å². The molecule has 1 aliphatic rings. The van der Waals surface area contributed by atoms with Gasteiger partial charge in [0.15, 0.2) is 5.58 Å². The minimum Gasteiger partial charge on any atom is -0.408 e. The van der Waals surface area contributed by atoms with E-state index < -0.39 is 17.6 Å². The highest BCUT2D eigenvalue weighted by Gasteiger charge is 2.27. The molecule has 2 aromatic rings. The van der Waals surface area contributed by atoms with Gasteiger partial charge < -0.3 is 15.1 Å². The van der Waals surface area contributed by atoms with E-state index in [9.17, 15) is 14.4 Å². The number of anilines is 1. The fraction of sp³-hybridized carbons (Fsp3) is 0.471. The Morgan fingerprint density at radius 3 is 2.72 bits per heavy atom. The number of rotatable bonds is 3. The molecule has 2 N–H and O–H groups in total. The van der Waals surface area contributed by atoms with Crippen molar-refractivity contribution in [2.24, 2.45) is 7.05 Å². The summed E-state index contributed by atoms with van der Waals surface area (Å²) in [5.74, 6) is -1.88. The Bertz CT molecular complexity index is 867. The van der Waals surface area contributed by atoms with Crippen LogP contribution in [0, 0.1) is 0 Å². The second-order valence-corrected chi connectivity index (χ2v) is 6.61. The van der Waals surface area contributed by atoms with E-state index in [0.29, 0.717) is 22.8 Å². The number of likely N-dealkylation sites (tertiary alicyclic amines) is 1. The van der Waals surface area contributed by atoms with Gasteiger partial charge >= 0.3 is 17.6 Å². The lowest BCUT2D eigenvalue weighted by Crippen LogP contribution is -2.43. The SMILES string of the molecule is CC(C)N1CC[C@H](NC(=O)C(=O)Nc2ccc3c(c2)oc(=O)n3C)C1. The fourth-order valence-electron chi connectivity index (χ4n) is 3.02. The van der Waals surface area contributed by atoms with Crippen LogP contribution in [-0.2, 0) is 16.6 Å². The normalized spacial score (nSPS) is 18.0. The summed E-state index contributed by atoms with van der Waals surface area (Å²) in [4.78, 5) is 37.9. The highest BCUT2D eigenvalue weighted by molar-refractivity contribution is 6.39. The topological polar surface area (TPSA) is 96.6 Å². The zero-order valence-corrected chi connectivity index (χ0v) is 14.5. The van der Waals surface area contributed by atoms with Gasteiger partial charge in [-0.05, 0) is 32.4 Å². The molecule has 0 aliphatic carbocycles. The largest absolute Gasteiger partial charge is 0.419 e. The predicted octanol–water partition coefficient (Wildman–Crippen LogP) is 0.669. The van der Waals surface area contributed by atoms with Crippen molar-refractivity contribution in [1.82, 2.24) is 14.8 Å².